The lowest BCUT2D eigenvalue weighted by Gasteiger charge is -2.13. The molecule has 0 aliphatic carbocycles. The maximum absolute atomic E-state index is 12.2. The molecule has 28 heavy (non-hydrogen) atoms. The molecule has 0 heterocycles. The van der Waals surface area contributed by atoms with Gasteiger partial charge in [-0.25, -0.2) is 0 Å². The van der Waals surface area contributed by atoms with Gasteiger partial charge in [0.1, 0.15) is 0 Å². The molecule has 7 nitrogen and oxygen atoms in total. The lowest BCUT2D eigenvalue weighted by Crippen LogP contribution is -2.23. The van der Waals surface area contributed by atoms with Crippen LogP contribution in [0.25, 0.3) is 0 Å². The minimum atomic E-state index is -0.244. The average Bonchev–Trinajstić information content (AvgIpc) is 2.66. The van der Waals surface area contributed by atoms with Gasteiger partial charge in [0.05, 0.1) is 6.54 Å². The van der Waals surface area contributed by atoms with E-state index in [1.165, 1.54) is 4.90 Å². The molecule has 0 aromatic heterocycles. The molecule has 0 unspecified atom stereocenters. The van der Waals surface area contributed by atoms with Gasteiger partial charge in [-0.15, -0.1) is 0 Å². The van der Waals surface area contributed by atoms with Crippen molar-refractivity contribution in [2.45, 2.75) is 13.8 Å². The number of rotatable bonds is 7. The van der Waals surface area contributed by atoms with E-state index in [1.54, 1.807) is 56.6 Å². The Morgan fingerprint density at radius 2 is 1.50 bits per heavy atom. The fraction of sp³-hybridized carbons (Fsp3) is 0.286. The Morgan fingerprint density at radius 3 is 2.14 bits per heavy atom. The molecule has 3 amide bonds. The van der Waals surface area contributed by atoms with Crippen LogP contribution in [0.3, 0.4) is 0 Å². The van der Waals surface area contributed by atoms with Crippen molar-refractivity contribution in [3.63, 3.8) is 0 Å². The number of anilines is 3. The zero-order valence-corrected chi connectivity index (χ0v) is 16.6. The highest BCUT2D eigenvalue weighted by molar-refractivity contribution is 5.98. The van der Waals surface area contributed by atoms with Gasteiger partial charge in [-0.1, -0.05) is 26.0 Å². The normalized spacial score (nSPS) is 10.3. The van der Waals surface area contributed by atoms with Crippen LogP contribution >= 0.6 is 0 Å². The molecule has 0 saturated heterocycles. The van der Waals surface area contributed by atoms with Gasteiger partial charge in [-0.2, -0.15) is 0 Å². The Bertz CT molecular complexity index is 862. The first-order chi connectivity index (χ1) is 13.3. The summed E-state index contributed by atoms with van der Waals surface area (Å²) in [5.74, 6) is -0.555. The van der Waals surface area contributed by atoms with Crippen molar-refractivity contribution in [3.05, 3.63) is 54.1 Å². The standard InChI is InChI=1S/C21H26N4O3/c1-14(2)20(27)24-18-10-6-8-16(12-18)22-13-19(26)23-17-9-5-7-15(11-17)21(28)25(3)4/h5-12,14,22H,13H2,1-4H3,(H,23,26)(H,24,27). The maximum atomic E-state index is 12.2. The Morgan fingerprint density at radius 1 is 0.893 bits per heavy atom. The van der Waals surface area contributed by atoms with Gasteiger partial charge >= 0.3 is 0 Å². The highest BCUT2D eigenvalue weighted by Crippen LogP contribution is 2.16. The lowest BCUT2D eigenvalue weighted by molar-refractivity contribution is -0.119. The molecule has 0 atom stereocenters. The summed E-state index contributed by atoms with van der Waals surface area (Å²) < 4.78 is 0. The summed E-state index contributed by atoms with van der Waals surface area (Å²) >= 11 is 0. The van der Waals surface area contributed by atoms with Gasteiger partial charge in [0.15, 0.2) is 0 Å². The minimum absolute atomic E-state index is 0.0490. The summed E-state index contributed by atoms with van der Waals surface area (Å²) in [6.07, 6.45) is 0. The Hall–Kier alpha value is -3.35. The summed E-state index contributed by atoms with van der Waals surface area (Å²) in [6, 6.07) is 14.0. The van der Waals surface area contributed by atoms with E-state index in [9.17, 15) is 14.4 Å². The van der Waals surface area contributed by atoms with Gasteiger partial charge < -0.3 is 20.9 Å². The highest BCUT2D eigenvalue weighted by Gasteiger charge is 2.10. The fourth-order valence-corrected chi connectivity index (χ4v) is 2.37. The van der Waals surface area contributed by atoms with E-state index in [2.05, 4.69) is 16.0 Å². The minimum Gasteiger partial charge on any atom is -0.376 e. The number of nitrogens with zero attached hydrogens (tertiary/aromatic N) is 1. The number of carbonyl (C=O) groups excluding carboxylic acids is 3. The smallest absolute Gasteiger partial charge is 0.253 e. The first-order valence-electron chi connectivity index (χ1n) is 9.02. The topological polar surface area (TPSA) is 90.5 Å². The van der Waals surface area contributed by atoms with Crippen molar-refractivity contribution in [3.8, 4) is 0 Å². The van der Waals surface area contributed by atoms with Crippen molar-refractivity contribution in [2.24, 2.45) is 5.92 Å². The third-order valence-electron chi connectivity index (χ3n) is 3.91. The molecule has 0 radical (unpaired) electrons. The van der Waals surface area contributed by atoms with Gasteiger partial charge in [-0.05, 0) is 36.4 Å². The third-order valence-corrected chi connectivity index (χ3v) is 3.91. The molecule has 0 fully saturated rings. The first-order valence-corrected chi connectivity index (χ1v) is 9.02. The number of nitrogens with one attached hydrogen (secondary N) is 3. The van der Waals surface area contributed by atoms with Crippen molar-refractivity contribution in [2.75, 3.05) is 36.6 Å². The molecule has 0 spiro atoms. The molecular formula is C21H26N4O3. The van der Waals surface area contributed by atoms with Gasteiger partial charge in [0, 0.05) is 42.6 Å². The number of carbonyl (C=O) groups is 3. The Balaban J connectivity index is 1.93. The molecule has 0 bridgehead atoms. The van der Waals surface area contributed by atoms with E-state index in [-0.39, 0.29) is 30.2 Å². The van der Waals surface area contributed by atoms with E-state index >= 15 is 0 Å². The quantitative estimate of drug-likeness (QED) is 0.686. The van der Waals surface area contributed by atoms with E-state index < -0.39 is 0 Å². The van der Waals surface area contributed by atoms with E-state index in [4.69, 9.17) is 0 Å². The lowest BCUT2D eigenvalue weighted by atomic mass is 10.2. The second-order valence-corrected chi connectivity index (χ2v) is 6.91. The first kappa shape index (κ1) is 21.0. The number of benzene rings is 2. The zero-order chi connectivity index (χ0) is 20.7. The average molecular weight is 382 g/mol. The van der Waals surface area contributed by atoms with Crippen molar-refractivity contribution < 1.29 is 14.4 Å². The summed E-state index contributed by atoms with van der Waals surface area (Å²) in [7, 11) is 3.35. The predicted octanol–water partition coefficient (Wildman–Crippen LogP) is 3.03. The molecule has 148 valence electrons. The predicted molar refractivity (Wildman–Crippen MR) is 111 cm³/mol. The van der Waals surface area contributed by atoms with Crippen LogP contribution in [0.15, 0.2) is 48.5 Å². The number of hydrogen-bond donors (Lipinski definition) is 3. The number of amides is 3. The van der Waals surface area contributed by atoms with Crippen LogP contribution in [0.4, 0.5) is 17.1 Å². The van der Waals surface area contributed by atoms with Gasteiger partial charge in [-0.3, -0.25) is 14.4 Å². The summed E-state index contributed by atoms with van der Waals surface area (Å²) in [5, 5.41) is 8.61. The SMILES string of the molecule is CC(C)C(=O)Nc1cccc(NCC(=O)Nc2cccc(C(=O)N(C)C)c2)c1. The molecule has 3 N–H and O–H groups in total. The van der Waals surface area contributed by atoms with Crippen LogP contribution in [0, 0.1) is 5.92 Å². The van der Waals surface area contributed by atoms with Crippen molar-refractivity contribution in [1.29, 1.82) is 0 Å². The fourth-order valence-electron chi connectivity index (χ4n) is 2.37. The van der Waals surface area contributed by atoms with Gasteiger partial charge in [0.25, 0.3) is 5.91 Å². The van der Waals surface area contributed by atoms with Crippen LogP contribution in [0.5, 0.6) is 0 Å². The zero-order valence-electron chi connectivity index (χ0n) is 16.6. The van der Waals surface area contributed by atoms with E-state index in [0.29, 0.717) is 22.6 Å². The van der Waals surface area contributed by atoms with Crippen LogP contribution < -0.4 is 16.0 Å². The monoisotopic (exact) mass is 382 g/mol. The third kappa shape index (κ3) is 6.12. The molecule has 0 saturated carbocycles. The number of hydrogen-bond acceptors (Lipinski definition) is 4. The molecular weight excluding hydrogens is 356 g/mol. The van der Waals surface area contributed by atoms with Crippen molar-refractivity contribution >= 4 is 34.8 Å². The van der Waals surface area contributed by atoms with E-state index in [1.807, 2.05) is 19.9 Å². The second kappa shape index (κ2) is 9.55. The highest BCUT2D eigenvalue weighted by atomic mass is 16.2. The van der Waals surface area contributed by atoms with Crippen LogP contribution in [0.2, 0.25) is 0 Å². The maximum Gasteiger partial charge on any atom is 0.253 e. The van der Waals surface area contributed by atoms with Crippen LogP contribution in [-0.4, -0.2) is 43.3 Å². The Labute approximate surface area is 165 Å². The molecule has 2 aromatic carbocycles. The largest absolute Gasteiger partial charge is 0.376 e. The second-order valence-electron chi connectivity index (χ2n) is 6.91. The molecule has 7 heteroatoms. The molecule has 2 aromatic rings. The van der Waals surface area contributed by atoms with Crippen LogP contribution in [0.1, 0.15) is 24.2 Å². The summed E-state index contributed by atoms with van der Waals surface area (Å²) in [4.78, 5) is 37.5. The molecule has 0 aliphatic heterocycles. The van der Waals surface area contributed by atoms with Crippen molar-refractivity contribution in [1.82, 2.24) is 4.90 Å². The molecule has 0 aliphatic rings. The van der Waals surface area contributed by atoms with E-state index in [0.717, 1.165) is 0 Å². The van der Waals surface area contributed by atoms with Crippen LogP contribution in [-0.2, 0) is 9.59 Å². The summed E-state index contributed by atoms with van der Waals surface area (Å²) in [5.41, 5.74) is 2.44. The Kier molecular flexibility index (Phi) is 7.14. The summed E-state index contributed by atoms with van der Waals surface area (Å²) in [6.45, 7) is 3.69. The molecule has 2 rings (SSSR count). The van der Waals surface area contributed by atoms with Gasteiger partial charge in [0.2, 0.25) is 11.8 Å².